The predicted molar refractivity (Wildman–Crippen MR) is 115 cm³/mol. The van der Waals surface area contributed by atoms with Crippen LogP contribution < -0.4 is 16.1 Å². The topological polar surface area (TPSA) is 80.7 Å². The molecule has 2 heterocycles. The van der Waals surface area contributed by atoms with Crippen molar-refractivity contribution >= 4 is 29.2 Å². The fraction of sp³-hybridized carbons (Fsp3) is 0.286. The van der Waals surface area contributed by atoms with Crippen LogP contribution in [-0.2, 0) is 6.54 Å². The van der Waals surface area contributed by atoms with Crippen LogP contribution in [0.3, 0.4) is 0 Å². The summed E-state index contributed by atoms with van der Waals surface area (Å²) in [5, 5.41) is 13.7. The van der Waals surface area contributed by atoms with Gasteiger partial charge in [-0.25, -0.2) is 0 Å². The Bertz CT molecular complexity index is 936. The number of thiocarbonyl (C=S) groups is 1. The van der Waals surface area contributed by atoms with Crippen LogP contribution in [0.5, 0.6) is 0 Å². The quantitative estimate of drug-likeness (QED) is 0.463. The summed E-state index contributed by atoms with van der Waals surface area (Å²) in [6, 6.07) is 19.8. The van der Waals surface area contributed by atoms with Crippen LogP contribution in [0.2, 0.25) is 0 Å². The maximum Gasteiger partial charge on any atom is 0.184 e. The number of nitrogens with two attached hydrogens (primary N) is 1. The minimum atomic E-state index is 0.113. The standard InChI is InChI=1S/C21H22N6S/c22-10-17-8-16(11-24-25-21(23)28)6-7-20(17)27-14-18-9-19(27)13-26(18)12-15-4-2-1-3-5-15/h1-8,11,18-19H,9,12-14H2,(H3,23,25,28)/b24-11+/t18-,19-/m0/s1. The van der Waals surface area contributed by atoms with Gasteiger partial charge in [-0.15, -0.1) is 0 Å². The van der Waals surface area contributed by atoms with E-state index in [1.807, 2.05) is 18.2 Å². The van der Waals surface area contributed by atoms with Gasteiger partial charge in [-0.2, -0.15) is 10.4 Å². The number of piperazine rings is 1. The van der Waals surface area contributed by atoms with Gasteiger partial charge in [-0.05, 0) is 41.9 Å². The number of hydrogen-bond acceptors (Lipinski definition) is 5. The van der Waals surface area contributed by atoms with Gasteiger partial charge in [-0.1, -0.05) is 36.4 Å². The molecule has 0 aliphatic carbocycles. The highest BCUT2D eigenvalue weighted by molar-refractivity contribution is 7.80. The van der Waals surface area contributed by atoms with Crippen molar-refractivity contribution in [3.05, 3.63) is 65.2 Å². The Morgan fingerprint density at radius 1 is 1.25 bits per heavy atom. The molecule has 28 heavy (non-hydrogen) atoms. The van der Waals surface area contributed by atoms with Crippen molar-refractivity contribution in [2.45, 2.75) is 25.0 Å². The minimum Gasteiger partial charge on any atom is -0.375 e. The molecule has 2 aromatic carbocycles. The van der Waals surface area contributed by atoms with E-state index in [9.17, 15) is 5.26 Å². The normalized spacial score (nSPS) is 21.2. The molecule has 2 aromatic rings. The Morgan fingerprint density at radius 2 is 2.07 bits per heavy atom. The largest absolute Gasteiger partial charge is 0.375 e. The monoisotopic (exact) mass is 390 g/mol. The maximum atomic E-state index is 9.65. The molecule has 6 nitrogen and oxygen atoms in total. The second-order valence-corrected chi connectivity index (χ2v) is 7.67. The Labute approximate surface area is 170 Å². The molecule has 2 bridgehead atoms. The zero-order valence-electron chi connectivity index (χ0n) is 15.5. The van der Waals surface area contributed by atoms with Crippen molar-refractivity contribution in [2.24, 2.45) is 10.8 Å². The van der Waals surface area contributed by atoms with Crippen LogP contribution in [0, 0.1) is 11.3 Å². The van der Waals surface area contributed by atoms with Gasteiger partial charge >= 0.3 is 0 Å². The number of anilines is 1. The zero-order valence-corrected chi connectivity index (χ0v) is 16.3. The minimum absolute atomic E-state index is 0.113. The highest BCUT2D eigenvalue weighted by Crippen LogP contribution is 2.36. The van der Waals surface area contributed by atoms with Crippen molar-refractivity contribution < 1.29 is 0 Å². The summed E-state index contributed by atoms with van der Waals surface area (Å²) in [5.74, 6) is 0. The van der Waals surface area contributed by atoms with Crippen molar-refractivity contribution in [3.63, 3.8) is 0 Å². The van der Waals surface area contributed by atoms with Crippen LogP contribution in [0.25, 0.3) is 0 Å². The summed E-state index contributed by atoms with van der Waals surface area (Å²) in [6.45, 7) is 2.99. The molecule has 7 heteroatoms. The molecule has 2 fully saturated rings. The van der Waals surface area contributed by atoms with Gasteiger partial charge in [0.25, 0.3) is 0 Å². The van der Waals surface area contributed by atoms with Crippen LogP contribution in [-0.4, -0.2) is 41.4 Å². The smallest absolute Gasteiger partial charge is 0.184 e. The highest BCUT2D eigenvalue weighted by atomic mass is 32.1. The van der Waals surface area contributed by atoms with Crippen LogP contribution in [0.4, 0.5) is 5.69 Å². The molecular formula is C21H22N6S. The fourth-order valence-corrected chi connectivity index (χ4v) is 4.25. The Balaban J connectivity index is 1.45. The van der Waals surface area contributed by atoms with Gasteiger partial charge in [0.05, 0.1) is 17.5 Å². The Morgan fingerprint density at radius 3 is 2.75 bits per heavy atom. The summed E-state index contributed by atoms with van der Waals surface area (Å²) in [7, 11) is 0. The number of fused-ring (bicyclic) bond motifs is 2. The van der Waals surface area contributed by atoms with Crippen LogP contribution >= 0.6 is 12.2 Å². The number of rotatable bonds is 5. The van der Waals surface area contributed by atoms with Crippen molar-refractivity contribution in [3.8, 4) is 6.07 Å². The summed E-state index contributed by atoms with van der Waals surface area (Å²) in [4.78, 5) is 4.95. The lowest BCUT2D eigenvalue weighted by Gasteiger charge is -2.36. The molecule has 3 N–H and O–H groups in total. The Kier molecular flexibility index (Phi) is 5.24. The number of nitrogens with one attached hydrogen (secondary N) is 1. The Hall–Kier alpha value is -2.95. The first-order chi connectivity index (χ1) is 13.6. The summed E-state index contributed by atoms with van der Waals surface area (Å²) < 4.78 is 0. The molecule has 2 aliphatic rings. The van der Waals surface area contributed by atoms with E-state index < -0.39 is 0 Å². The van der Waals surface area contributed by atoms with E-state index in [2.05, 4.69) is 56.7 Å². The second-order valence-electron chi connectivity index (χ2n) is 7.23. The molecule has 4 rings (SSSR count). The molecule has 0 unspecified atom stereocenters. The van der Waals surface area contributed by atoms with Crippen LogP contribution in [0.15, 0.2) is 53.6 Å². The fourth-order valence-electron chi connectivity index (χ4n) is 4.20. The number of hydrogen-bond donors (Lipinski definition) is 2. The SMILES string of the molecule is N#Cc1cc(/C=N/NC(N)=S)ccc1N1C[C@@H]2C[C@H]1CN2Cc1ccccc1. The average molecular weight is 391 g/mol. The van der Waals surface area contributed by atoms with Crippen molar-refractivity contribution in [2.75, 3.05) is 18.0 Å². The van der Waals surface area contributed by atoms with Crippen LogP contribution in [0.1, 0.15) is 23.1 Å². The van der Waals surface area contributed by atoms with Gasteiger partial charge in [-0.3, -0.25) is 10.3 Å². The van der Waals surface area contributed by atoms with Gasteiger partial charge in [0, 0.05) is 31.7 Å². The average Bonchev–Trinajstić information content (AvgIpc) is 3.29. The third-order valence-electron chi connectivity index (χ3n) is 5.42. The van der Waals surface area contributed by atoms with E-state index in [4.69, 9.17) is 18.0 Å². The van der Waals surface area contributed by atoms with E-state index in [-0.39, 0.29) is 5.11 Å². The number of likely N-dealkylation sites (tertiary alicyclic amines) is 1. The van der Waals surface area contributed by atoms with E-state index >= 15 is 0 Å². The lowest BCUT2D eigenvalue weighted by atomic mass is 10.1. The molecule has 0 saturated carbocycles. The molecule has 0 spiro atoms. The molecule has 0 radical (unpaired) electrons. The highest BCUT2D eigenvalue weighted by Gasteiger charge is 2.43. The molecule has 2 saturated heterocycles. The van der Waals surface area contributed by atoms with E-state index in [1.165, 1.54) is 5.56 Å². The number of hydrazone groups is 1. The van der Waals surface area contributed by atoms with Crippen molar-refractivity contribution in [1.82, 2.24) is 10.3 Å². The van der Waals surface area contributed by atoms with E-state index in [1.54, 1.807) is 6.21 Å². The van der Waals surface area contributed by atoms with Gasteiger partial charge in [0.1, 0.15) is 6.07 Å². The predicted octanol–water partition coefficient (Wildman–Crippen LogP) is 2.19. The van der Waals surface area contributed by atoms with Gasteiger partial charge in [0.2, 0.25) is 0 Å². The third-order valence-corrected chi connectivity index (χ3v) is 5.51. The third kappa shape index (κ3) is 3.84. The molecule has 2 aliphatic heterocycles. The molecule has 0 amide bonds. The number of nitriles is 1. The maximum absolute atomic E-state index is 9.65. The summed E-state index contributed by atoms with van der Waals surface area (Å²) >= 11 is 4.72. The lowest BCUT2D eigenvalue weighted by Crippen LogP contribution is -2.46. The van der Waals surface area contributed by atoms with Crippen molar-refractivity contribution in [1.29, 1.82) is 5.26 Å². The summed E-state index contributed by atoms with van der Waals surface area (Å²) in [5.41, 5.74) is 11.7. The lowest BCUT2D eigenvalue weighted by molar-refractivity contribution is 0.230. The second kappa shape index (κ2) is 7.97. The zero-order chi connectivity index (χ0) is 19.5. The van der Waals surface area contributed by atoms with Gasteiger partial charge < -0.3 is 10.6 Å². The molecule has 0 aromatic heterocycles. The molecule has 142 valence electrons. The van der Waals surface area contributed by atoms with E-state index in [0.717, 1.165) is 37.3 Å². The first-order valence-corrected chi connectivity index (χ1v) is 9.72. The number of nitrogens with zero attached hydrogens (tertiary/aromatic N) is 4. The first kappa shape index (κ1) is 18.4. The molecular weight excluding hydrogens is 368 g/mol. The molecule has 2 atom stereocenters. The number of benzene rings is 2. The van der Waals surface area contributed by atoms with Gasteiger partial charge in [0.15, 0.2) is 5.11 Å². The summed E-state index contributed by atoms with van der Waals surface area (Å²) in [6.07, 6.45) is 2.76. The van der Waals surface area contributed by atoms with E-state index in [0.29, 0.717) is 17.6 Å². The first-order valence-electron chi connectivity index (χ1n) is 9.31.